The molecule has 0 spiro atoms. The first-order chi connectivity index (χ1) is 17.3. The highest BCUT2D eigenvalue weighted by atomic mass is 35.5. The van der Waals surface area contributed by atoms with Gasteiger partial charge < -0.3 is 21.1 Å². The summed E-state index contributed by atoms with van der Waals surface area (Å²) in [7, 11) is 0. The van der Waals surface area contributed by atoms with Crippen LogP contribution in [0.15, 0.2) is 49.1 Å². The molecule has 1 aliphatic rings. The lowest BCUT2D eigenvalue weighted by atomic mass is 10.00. The van der Waals surface area contributed by atoms with Gasteiger partial charge in [0, 0.05) is 23.9 Å². The highest BCUT2D eigenvalue weighted by molar-refractivity contribution is 6.11. The van der Waals surface area contributed by atoms with E-state index in [0.29, 0.717) is 18.5 Å². The summed E-state index contributed by atoms with van der Waals surface area (Å²) in [4.78, 5) is 49.8. The van der Waals surface area contributed by atoms with Crippen molar-refractivity contribution < 1.29 is 23.9 Å². The molecule has 10 nitrogen and oxygen atoms in total. The van der Waals surface area contributed by atoms with Crippen molar-refractivity contribution >= 4 is 30.0 Å². The first-order valence-electron chi connectivity index (χ1n) is 11.4. The summed E-state index contributed by atoms with van der Waals surface area (Å²) in [5.74, 6) is -2.91. The first kappa shape index (κ1) is 27.6. The summed E-state index contributed by atoms with van der Waals surface area (Å²) in [6.45, 7) is 2.61. The van der Waals surface area contributed by atoms with E-state index in [0.717, 1.165) is 19.2 Å². The van der Waals surface area contributed by atoms with Crippen LogP contribution < -0.4 is 16.0 Å². The average molecular weight is 529 g/mol. The molecular formula is C25H26ClFN6O4. The van der Waals surface area contributed by atoms with Gasteiger partial charge >= 0.3 is 0 Å². The number of hydrogen-bond donors (Lipinski definition) is 4. The van der Waals surface area contributed by atoms with Gasteiger partial charge in [0.15, 0.2) is 11.6 Å². The molecule has 4 N–H and O–H groups in total. The molecule has 0 radical (unpaired) electrons. The van der Waals surface area contributed by atoms with Gasteiger partial charge in [-0.2, -0.15) is 0 Å². The van der Waals surface area contributed by atoms with Crippen molar-refractivity contribution in [3.8, 4) is 5.75 Å². The van der Waals surface area contributed by atoms with Crippen LogP contribution in [0.5, 0.6) is 5.75 Å². The molecule has 2 aromatic heterocycles. The number of nitrogens with one attached hydrogen (secondary N) is 3. The molecule has 1 saturated heterocycles. The van der Waals surface area contributed by atoms with E-state index in [2.05, 4.69) is 30.9 Å². The number of benzene rings is 1. The number of ketones is 1. The van der Waals surface area contributed by atoms with Gasteiger partial charge in [0.1, 0.15) is 23.3 Å². The fourth-order valence-electron chi connectivity index (χ4n) is 4.00. The van der Waals surface area contributed by atoms with Gasteiger partial charge in [-0.15, -0.1) is 12.4 Å². The van der Waals surface area contributed by atoms with Crippen LogP contribution in [0.25, 0.3) is 0 Å². The predicted octanol–water partition coefficient (Wildman–Crippen LogP) is 1.96. The van der Waals surface area contributed by atoms with Crippen LogP contribution in [0.3, 0.4) is 0 Å². The minimum Gasteiger partial charge on any atom is -0.505 e. The molecule has 1 aromatic carbocycles. The monoisotopic (exact) mass is 528 g/mol. The average Bonchev–Trinajstić information content (AvgIpc) is 3.11. The van der Waals surface area contributed by atoms with E-state index in [4.69, 9.17) is 0 Å². The second-order valence-corrected chi connectivity index (χ2v) is 8.43. The lowest BCUT2D eigenvalue weighted by Crippen LogP contribution is -2.54. The molecule has 3 aromatic rings. The number of nitrogens with zero attached hydrogens (tertiary/aromatic N) is 3. The number of carbonyl (C=O) groups is 3. The minimum atomic E-state index is -0.890. The summed E-state index contributed by atoms with van der Waals surface area (Å²) >= 11 is 0. The van der Waals surface area contributed by atoms with E-state index in [-0.39, 0.29) is 53.3 Å². The van der Waals surface area contributed by atoms with Crippen LogP contribution in [0.1, 0.15) is 55.3 Å². The summed E-state index contributed by atoms with van der Waals surface area (Å²) in [5.41, 5.74) is 0.158. The van der Waals surface area contributed by atoms with Crippen molar-refractivity contribution in [3.63, 3.8) is 0 Å². The first-order valence-corrected chi connectivity index (χ1v) is 11.4. The molecule has 37 heavy (non-hydrogen) atoms. The number of rotatable bonds is 6. The van der Waals surface area contributed by atoms with Crippen molar-refractivity contribution in [3.05, 3.63) is 82.9 Å². The third-order valence-electron chi connectivity index (χ3n) is 5.98. The van der Waals surface area contributed by atoms with Crippen LogP contribution in [0, 0.1) is 12.7 Å². The molecular weight excluding hydrogens is 503 g/mol. The van der Waals surface area contributed by atoms with Crippen LogP contribution in [0.4, 0.5) is 4.39 Å². The van der Waals surface area contributed by atoms with Crippen LogP contribution >= 0.6 is 12.4 Å². The Balaban J connectivity index is 0.00000380. The third-order valence-corrected chi connectivity index (χ3v) is 5.98. The highest BCUT2D eigenvalue weighted by Gasteiger charge is 2.28. The van der Waals surface area contributed by atoms with Crippen LogP contribution in [0.2, 0.25) is 0 Å². The molecule has 0 saturated carbocycles. The summed E-state index contributed by atoms with van der Waals surface area (Å²) in [6.07, 6.45) is 5.24. The van der Waals surface area contributed by atoms with E-state index in [1.807, 2.05) is 0 Å². The maximum atomic E-state index is 14.4. The Bertz CT molecular complexity index is 1280. The normalized spacial score (nSPS) is 17.1. The van der Waals surface area contributed by atoms with Gasteiger partial charge in [-0.05, 0) is 44.5 Å². The number of carbonyl (C=O) groups excluding carboxylic acids is 3. The molecule has 1 aliphatic heterocycles. The van der Waals surface area contributed by atoms with E-state index < -0.39 is 22.9 Å². The third kappa shape index (κ3) is 6.43. The summed E-state index contributed by atoms with van der Waals surface area (Å²) in [5, 5.41) is 19.1. The maximum Gasteiger partial charge on any atom is 0.270 e. The van der Waals surface area contributed by atoms with Gasteiger partial charge in [-0.3, -0.25) is 19.4 Å². The molecule has 12 heteroatoms. The van der Waals surface area contributed by atoms with Crippen molar-refractivity contribution in [1.29, 1.82) is 0 Å². The smallest absolute Gasteiger partial charge is 0.270 e. The zero-order valence-corrected chi connectivity index (χ0v) is 20.7. The second-order valence-electron chi connectivity index (χ2n) is 8.43. The molecule has 0 unspecified atom stereocenters. The Labute approximate surface area is 218 Å². The fraction of sp³-hybridized carbons (Fsp3) is 0.280. The number of aromatic nitrogens is 3. The Morgan fingerprint density at radius 1 is 1.03 bits per heavy atom. The number of halogens is 2. The van der Waals surface area contributed by atoms with E-state index in [1.54, 1.807) is 0 Å². The van der Waals surface area contributed by atoms with Crippen molar-refractivity contribution in [1.82, 2.24) is 30.9 Å². The van der Waals surface area contributed by atoms with Gasteiger partial charge in [0.05, 0.1) is 24.0 Å². The van der Waals surface area contributed by atoms with Gasteiger partial charge in [0.2, 0.25) is 0 Å². The van der Waals surface area contributed by atoms with Crippen LogP contribution in [-0.2, 0) is 0 Å². The number of pyridine rings is 1. The Kier molecular flexibility index (Phi) is 9.20. The Morgan fingerprint density at radius 2 is 1.73 bits per heavy atom. The number of amides is 2. The SMILES string of the molecule is Cc1ncc(O)c(C(=O)c2ccc(C(=O)N[C@@H]3CCCNC[C@H]3NC(=O)c3ccncn3)cc2)c1F.Cl. The van der Waals surface area contributed by atoms with E-state index in [1.165, 1.54) is 49.8 Å². The summed E-state index contributed by atoms with van der Waals surface area (Å²) < 4.78 is 14.4. The molecule has 4 rings (SSSR count). The second kappa shape index (κ2) is 12.3. The van der Waals surface area contributed by atoms with Crippen molar-refractivity contribution in [2.45, 2.75) is 31.8 Å². The van der Waals surface area contributed by atoms with E-state index >= 15 is 0 Å². The zero-order valence-electron chi connectivity index (χ0n) is 19.9. The van der Waals surface area contributed by atoms with Gasteiger partial charge in [-0.25, -0.2) is 14.4 Å². The molecule has 0 aliphatic carbocycles. The number of hydrogen-bond acceptors (Lipinski definition) is 8. The lowest BCUT2D eigenvalue weighted by molar-refractivity contribution is 0.0880. The lowest BCUT2D eigenvalue weighted by Gasteiger charge is -2.27. The predicted molar refractivity (Wildman–Crippen MR) is 134 cm³/mol. The molecule has 3 heterocycles. The number of aryl methyl sites for hydroxylation is 1. The topological polar surface area (TPSA) is 146 Å². The quantitative estimate of drug-likeness (QED) is 0.355. The van der Waals surface area contributed by atoms with Crippen molar-refractivity contribution in [2.24, 2.45) is 0 Å². The molecule has 2 amide bonds. The standard InChI is InChI=1S/C25H25FN6O4.ClH/c1-14-22(26)21(20(33)12-29-14)23(34)15-4-6-16(7-5-15)24(35)31-17-3-2-9-27-11-19(17)32-25(36)18-8-10-28-13-30-18;/h4-8,10,12-13,17,19,27,33H,2-3,9,11H2,1H3,(H,31,35)(H,32,36);1H/t17-,19-;/m1./s1. The molecule has 0 bridgehead atoms. The molecule has 2 atom stereocenters. The minimum absolute atomic E-state index is 0. The van der Waals surface area contributed by atoms with Crippen LogP contribution in [-0.4, -0.2) is 62.8 Å². The molecule has 194 valence electrons. The van der Waals surface area contributed by atoms with E-state index in [9.17, 15) is 23.9 Å². The Hall–Kier alpha value is -3.96. The Morgan fingerprint density at radius 3 is 2.43 bits per heavy atom. The van der Waals surface area contributed by atoms with Crippen molar-refractivity contribution in [2.75, 3.05) is 13.1 Å². The largest absolute Gasteiger partial charge is 0.505 e. The fourth-order valence-corrected chi connectivity index (χ4v) is 4.00. The summed E-state index contributed by atoms with van der Waals surface area (Å²) in [6, 6.07) is 6.49. The molecule has 1 fully saturated rings. The highest BCUT2D eigenvalue weighted by Crippen LogP contribution is 2.24. The number of aromatic hydroxyl groups is 1. The maximum absolute atomic E-state index is 14.4. The zero-order chi connectivity index (χ0) is 25.7. The van der Waals surface area contributed by atoms with Gasteiger partial charge in [-0.1, -0.05) is 12.1 Å². The van der Waals surface area contributed by atoms with Gasteiger partial charge in [0.25, 0.3) is 11.8 Å².